The summed E-state index contributed by atoms with van der Waals surface area (Å²) in [6, 6.07) is 2.01. The predicted octanol–water partition coefficient (Wildman–Crippen LogP) is 0.619. The molecular formula is C11H25N3. The number of likely N-dealkylation sites (N-methyl/N-ethyl adjacent to an activating group) is 2. The van der Waals surface area contributed by atoms with Crippen LogP contribution in [-0.2, 0) is 0 Å². The lowest BCUT2D eigenvalue weighted by Crippen LogP contribution is -2.58. The Bertz CT molecular complexity index is 160. The molecule has 0 spiro atoms. The number of rotatable bonds is 3. The lowest BCUT2D eigenvalue weighted by Gasteiger charge is -2.44. The Morgan fingerprint density at radius 2 is 1.79 bits per heavy atom. The Hall–Kier alpha value is -0.120. The van der Waals surface area contributed by atoms with Crippen LogP contribution in [0.2, 0.25) is 0 Å². The molecule has 1 aliphatic heterocycles. The van der Waals surface area contributed by atoms with E-state index in [9.17, 15) is 0 Å². The van der Waals surface area contributed by atoms with Crippen molar-refractivity contribution in [3.63, 3.8) is 0 Å². The molecule has 3 heteroatoms. The molecule has 1 aliphatic rings. The van der Waals surface area contributed by atoms with Crippen molar-refractivity contribution in [2.75, 3.05) is 33.7 Å². The van der Waals surface area contributed by atoms with Crippen LogP contribution in [0.5, 0.6) is 0 Å². The van der Waals surface area contributed by atoms with Gasteiger partial charge < -0.3 is 5.32 Å². The Morgan fingerprint density at radius 1 is 1.29 bits per heavy atom. The Balaban J connectivity index is 2.48. The molecule has 0 aromatic rings. The van der Waals surface area contributed by atoms with Crippen molar-refractivity contribution in [3.8, 4) is 0 Å². The highest BCUT2D eigenvalue weighted by Crippen LogP contribution is 2.15. The topological polar surface area (TPSA) is 18.5 Å². The number of nitrogens with one attached hydrogen (secondary N) is 1. The maximum atomic E-state index is 3.25. The zero-order valence-corrected chi connectivity index (χ0v) is 10.2. The molecule has 1 fully saturated rings. The number of piperazine rings is 1. The average molecular weight is 199 g/mol. The summed E-state index contributed by atoms with van der Waals surface area (Å²) >= 11 is 0. The standard InChI is InChI=1S/C11H25N3/c1-9(6-12-4)14-7-10(2)13(5)11(3)8-14/h9-12H,6-8H2,1-5H3/t9?,10-,11+. The minimum atomic E-state index is 0.651. The summed E-state index contributed by atoms with van der Waals surface area (Å²) in [4.78, 5) is 5.06. The molecule has 0 amide bonds. The van der Waals surface area contributed by atoms with Crippen molar-refractivity contribution < 1.29 is 0 Å². The molecule has 1 unspecified atom stereocenters. The fourth-order valence-corrected chi connectivity index (χ4v) is 2.23. The van der Waals surface area contributed by atoms with E-state index in [0.29, 0.717) is 18.1 Å². The van der Waals surface area contributed by atoms with Gasteiger partial charge in [0.05, 0.1) is 0 Å². The van der Waals surface area contributed by atoms with Gasteiger partial charge in [-0.05, 0) is 34.9 Å². The van der Waals surface area contributed by atoms with Crippen LogP contribution < -0.4 is 5.32 Å². The molecule has 0 aliphatic carbocycles. The largest absolute Gasteiger partial charge is 0.318 e. The monoisotopic (exact) mass is 199 g/mol. The highest BCUT2D eigenvalue weighted by molar-refractivity contribution is 4.85. The normalized spacial score (nSPS) is 33.2. The molecule has 1 rings (SSSR count). The quantitative estimate of drug-likeness (QED) is 0.719. The molecule has 3 atom stereocenters. The van der Waals surface area contributed by atoms with Crippen molar-refractivity contribution in [2.45, 2.75) is 38.9 Å². The summed E-state index contributed by atoms with van der Waals surface area (Å²) in [5.74, 6) is 0. The molecule has 0 radical (unpaired) electrons. The summed E-state index contributed by atoms with van der Waals surface area (Å²) < 4.78 is 0. The van der Waals surface area contributed by atoms with Gasteiger partial charge >= 0.3 is 0 Å². The maximum Gasteiger partial charge on any atom is 0.0195 e. The molecule has 0 bridgehead atoms. The van der Waals surface area contributed by atoms with E-state index in [1.54, 1.807) is 0 Å². The van der Waals surface area contributed by atoms with Crippen LogP contribution in [0.3, 0.4) is 0 Å². The number of hydrogen-bond donors (Lipinski definition) is 1. The first-order valence-corrected chi connectivity index (χ1v) is 5.66. The van der Waals surface area contributed by atoms with E-state index < -0.39 is 0 Å². The van der Waals surface area contributed by atoms with E-state index in [-0.39, 0.29) is 0 Å². The van der Waals surface area contributed by atoms with Crippen LogP contribution in [0.4, 0.5) is 0 Å². The average Bonchev–Trinajstić information content (AvgIpc) is 2.13. The summed E-state index contributed by atoms with van der Waals surface area (Å²) in [5, 5.41) is 3.25. The lowest BCUT2D eigenvalue weighted by molar-refractivity contribution is 0.0386. The Morgan fingerprint density at radius 3 is 2.21 bits per heavy atom. The van der Waals surface area contributed by atoms with Gasteiger partial charge in [-0.25, -0.2) is 0 Å². The Kier molecular flexibility index (Phi) is 4.35. The minimum absolute atomic E-state index is 0.651. The van der Waals surface area contributed by atoms with Gasteiger partial charge in [-0.1, -0.05) is 0 Å². The molecular weight excluding hydrogens is 174 g/mol. The molecule has 0 saturated carbocycles. The van der Waals surface area contributed by atoms with E-state index >= 15 is 0 Å². The van der Waals surface area contributed by atoms with Gasteiger partial charge in [0.15, 0.2) is 0 Å². The van der Waals surface area contributed by atoms with Gasteiger partial charge in [0, 0.05) is 37.8 Å². The van der Waals surface area contributed by atoms with E-state index in [1.807, 2.05) is 7.05 Å². The third kappa shape index (κ3) is 2.69. The van der Waals surface area contributed by atoms with Gasteiger partial charge in [-0.3, -0.25) is 9.80 Å². The third-order valence-electron chi connectivity index (χ3n) is 3.51. The van der Waals surface area contributed by atoms with Crippen LogP contribution in [0.15, 0.2) is 0 Å². The summed E-state index contributed by atoms with van der Waals surface area (Å²) in [6.07, 6.45) is 0. The second kappa shape index (κ2) is 5.10. The molecule has 1 heterocycles. The Labute approximate surface area is 88.5 Å². The predicted molar refractivity (Wildman–Crippen MR) is 61.6 cm³/mol. The van der Waals surface area contributed by atoms with E-state index in [4.69, 9.17) is 0 Å². The number of hydrogen-bond acceptors (Lipinski definition) is 3. The summed E-state index contributed by atoms with van der Waals surface area (Å²) in [5.41, 5.74) is 0. The molecule has 0 aromatic carbocycles. The van der Waals surface area contributed by atoms with E-state index in [2.05, 4.69) is 42.9 Å². The van der Waals surface area contributed by atoms with Crippen molar-refractivity contribution in [3.05, 3.63) is 0 Å². The van der Waals surface area contributed by atoms with Crippen LogP contribution >= 0.6 is 0 Å². The first kappa shape index (κ1) is 12.0. The van der Waals surface area contributed by atoms with Crippen LogP contribution in [-0.4, -0.2) is 61.7 Å². The molecule has 1 N–H and O–H groups in total. The first-order chi connectivity index (χ1) is 6.56. The zero-order chi connectivity index (χ0) is 10.7. The van der Waals surface area contributed by atoms with Crippen molar-refractivity contribution in [1.82, 2.24) is 15.1 Å². The number of nitrogens with zero attached hydrogens (tertiary/aromatic N) is 2. The highest BCUT2D eigenvalue weighted by Gasteiger charge is 2.28. The van der Waals surface area contributed by atoms with Crippen molar-refractivity contribution >= 4 is 0 Å². The molecule has 14 heavy (non-hydrogen) atoms. The van der Waals surface area contributed by atoms with E-state index in [0.717, 1.165) is 6.54 Å². The van der Waals surface area contributed by atoms with Crippen LogP contribution in [0.25, 0.3) is 0 Å². The second-order valence-corrected chi connectivity index (χ2v) is 4.72. The molecule has 1 saturated heterocycles. The van der Waals surface area contributed by atoms with Gasteiger partial charge in [-0.15, -0.1) is 0 Å². The fraction of sp³-hybridized carbons (Fsp3) is 1.00. The van der Waals surface area contributed by atoms with Crippen LogP contribution in [0.1, 0.15) is 20.8 Å². The van der Waals surface area contributed by atoms with Gasteiger partial charge in [-0.2, -0.15) is 0 Å². The summed E-state index contributed by atoms with van der Waals surface area (Å²) in [7, 11) is 4.26. The maximum absolute atomic E-state index is 3.25. The van der Waals surface area contributed by atoms with Gasteiger partial charge in [0.1, 0.15) is 0 Å². The molecule has 84 valence electrons. The summed E-state index contributed by atoms with van der Waals surface area (Å²) in [6.45, 7) is 10.4. The smallest absolute Gasteiger partial charge is 0.0195 e. The van der Waals surface area contributed by atoms with Crippen LogP contribution in [0, 0.1) is 0 Å². The van der Waals surface area contributed by atoms with Gasteiger partial charge in [0.2, 0.25) is 0 Å². The SMILES string of the molecule is CNCC(C)N1C[C@@H](C)N(C)[C@@H](C)C1. The fourth-order valence-electron chi connectivity index (χ4n) is 2.23. The first-order valence-electron chi connectivity index (χ1n) is 5.66. The zero-order valence-electron chi connectivity index (χ0n) is 10.2. The molecule has 0 aromatic heterocycles. The highest BCUT2D eigenvalue weighted by atomic mass is 15.3. The molecule has 3 nitrogen and oxygen atoms in total. The third-order valence-corrected chi connectivity index (χ3v) is 3.51. The minimum Gasteiger partial charge on any atom is -0.318 e. The van der Waals surface area contributed by atoms with Crippen molar-refractivity contribution in [2.24, 2.45) is 0 Å². The lowest BCUT2D eigenvalue weighted by atomic mass is 10.1. The van der Waals surface area contributed by atoms with E-state index in [1.165, 1.54) is 13.1 Å². The van der Waals surface area contributed by atoms with Gasteiger partial charge in [0.25, 0.3) is 0 Å². The van der Waals surface area contributed by atoms with Crippen molar-refractivity contribution in [1.29, 1.82) is 0 Å². The second-order valence-electron chi connectivity index (χ2n) is 4.72.